The predicted molar refractivity (Wildman–Crippen MR) is 68.0 cm³/mol. The van der Waals surface area contributed by atoms with E-state index in [1.807, 2.05) is 0 Å². The van der Waals surface area contributed by atoms with Crippen LogP contribution in [-0.2, 0) is 13.0 Å². The molecule has 2 atom stereocenters. The van der Waals surface area contributed by atoms with Crippen molar-refractivity contribution in [3.05, 3.63) is 51.0 Å². The highest BCUT2D eigenvalue weighted by molar-refractivity contribution is 6.60. The molecule has 5 heteroatoms. The molecule has 0 aromatic carbocycles. The summed E-state index contributed by atoms with van der Waals surface area (Å²) in [6.45, 7) is 14.3. The smallest absolute Gasteiger partial charge is 0.377 e. The summed E-state index contributed by atoms with van der Waals surface area (Å²) < 4.78 is 16.4. The second kappa shape index (κ2) is 9.51. The summed E-state index contributed by atoms with van der Waals surface area (Å²) in [6, 6.07) is 1.46. The van der Waals surface area contributed by atoms with E-state index in [1.165, 1.54) is 12.5 Å². The second-order valence-corrected chi connectivity index (χ2v) is 6.94. The van der Waals surface area contributed by atoms with E-state index in [2.05, 4.69) is 26.3 Å². The highest BCUT2D eigenvalue weighted by Crippen LogP contribution is 2.06. The van der Waals surface area contributed by atoms with E-state index in [0.29, 0.717) is 0 Å². The monoisotopic (exact) mass is 242 g/mol. The fourth-order valence-electron chi connectivity index (χ4n) is 0.942. The lowest BCUT2D eigenvalue weighted by atomic mass is 10.8. The van der Waals surface area contributed by atoms with Gasteiger partial charge >= 0.3 is 18.6 Å². The molecular weight excluding hydrogens is 224 g/mol. The Morgan fingerprint density at radius 3 is 1.47 bits per heavy atom. The van der Waals surface area contributed by atoms with Crippen molar-refractivity contribution in [1.82, 2.24) is 0 Å². The first-order valence-electron chi connectivity index (χ1n) is 4.68. The second-order valence-electron chi connectivity index (χ2n) is 2.65. The first-order chi connectivity index (χ1) is 7.28. The Labute approximate surface area is 95.1 Å². The zero-order valence-corrected chi connectivity index (χ0v) is 11.2. The Kier molecular flexibility index (Phi) is 8.84. The molecule has 2 unspecified atom stereocenters. The van der Waals surface area contributed by atoms with E-state index in [0.717, 1.165) is 12.1 Å². The Morgan fingerprint density at radius 1 is 0.800 bits per heavy atom. The third-order valence-corrected chi connectivity index (χ3v) is 6.37. The third kappa shape index (κ3) is 6.95. The van der Waals surface area contributed by atoms with Gasteiger partial charge in [0.15, 0.2) is 0 Å². The van der Waals surface area contributed by atoms with Gasteiger partial charge in [-0.15, -0.1) is 13.2 Å². The first kappa shape index (κ1) is 14.0. The molecule has 0 heterocycles. The lowest BCUT2D eigenvalue weighted by molar-refractivity contribution is 0.325. The van der Waals surface area contributed by atoms with Crippen LogP contribution < -0.4 is 0 Å². The van der Waals surface area contributed by atoms with Crippen molar-refractivity contribution in [3.8, 4) is 0 Å². The quantitative estimate of drug-likeness (QED) is 0.334. The maximum atomic E-state index is 5.76. The Morgan fingerprint density at radius 2 is 1.20 bits per heavy atom. The molecule has 0 aromatic heterocycles. The minimum absolute atomic E-state index is 0.729. The van der Waals surface area contributed by atoms with Crippen LogP contribution in [0.15, 0.2) is 51.0 Å². The normalized spacial score (nSPS) is 13.3. The predicted octanol–water partition coefficient (Wildman–Crippen LogP) is 2.14. The summed E-state index contributed by atoms with van der Waals surface area (Å²) in [5.41, 5.74) is 0. The zero-order valence-electron chi connectivity index (χ0n) is 8.93. The van der Waals surface area contributed by atoms with Gasteiger partial charge in [0.1, 0.15) is 0 Å². The summed E-state index contributed by atoms with van der Waals surface area (Å²) in [6.07, 6.45) is 6.39. The molecule has 0 aliphatic rings. The molecule has 0 saturated carbocycles. The van der Waals surface area contributed by atoms with Gasteiger partial charge in [0.05, 0.1) is 12.5 Å². The number of hydrogen-bond donors (Lipinski definition) is 0. The molecule has 0 saturated heterocycles. The van der Waals surface area contributed by atoms with Crippen molar-refractivity contribution in [2.24, 2.45) is 0 Å². The van der Waals surface area contributed by atoms with E-state index in [9.17, 15) is 0 Å². The molecular formula is C10H18O3Si2. The van der Waals surface area contributed by atoms with Gasteiger partial charge in [-0.3, -0.25) is 0 Å². The standard InChI is InChI=1S/C10H18O3Si2/c1-5-9-14(11-7-3)13-15(10-6-2)12-8-4/h5-8,14-15H,1-4,9-10H2. The van der Waals surface area contributed by atoms with Gasteiger partial charge in [-0.1, -0.05) is 25.3 Å². The summed E-state index contributed by atoms with van der Waals surface area (Å²) in [5, 5.41) is 0. The van der Waals surface area contributed by atoms with Gasteiger partial charge in [0.25, 0.3) is 0 Å². The van der Waals surface area contributed by atoms with Crippen LogP contribution in [0.25, 0.3) is 0 Å². The van der Waals surface area contributed by atoms with Crippen LogP contribution in [0.4, 0.5) is 0 Å². The summed E-state index contributed by atoms with van der Waals surface area (Å²) >= 11 is 0. The molecule has 0 N–H and O–H groups in total. The average molecular weight is 242 g/mol. The Balaban J connectivity index is 4.15. The highest BCUT2D eigenvalue weighted by atomic mass is 28.4. The molecule has 0 aliphatic carbocycles. The van der Waals surface area contributed by atoms with E-state index >= 15 is 0 Å². The minimum Gasteiger partial charge on any atom is -0.529 e. The van der Waals surface area contributed by atoms with E-state index in [1.54, 1.807) is 12.2 Å². The van der Waals surface area contributed by atoms with Gasteiger partial charge in [0.2, 0.25) is 0 Å². The van der Waals surface area contributed by atoms with E-state index in [4.69, 9.17) is 13.0 Å². The van der Waals surface area contributed by atoms with Crippen LogP contribution in [0.1, 0.15) is 0 Å². The zero-order chi connectivity index (χ0) is 11.5. The highest BCUT2D eigenvalue weighted by Gasteiger charge is 2.20. The van der Waals surface area contributed by atoms with Crippen LogP contribution in [0.2, 0.25) is 12.1 Å². The van der Waals surface area contributed by atoms with Gasteiger partial charge in [-0.25, -0.2) is 0 Å². The average Bonchev–Trinajstić information content (AvgIpc) is 2.19. The lowest BCUT2D eigenvalue weighted by Gasteiger charge is -2.19. The Bertz CT molecular complexity index is 177. The molecule has 0 bridgehead atoms. The summed E-state index contributed by atoms with van der Waals surface area (Å²) in [7, 11) is -3.50. The van der Waals surface area contributed by atoms with Crippen molar-refractivity contribution in [3.63, 3.8) is 0 Å². The van der Waals surface area contributed by atoms with Crippen molar-refractivity contribution in [2.45, 2.75) is 12.1 Å². The molecule has 0 aliphatic heterocycles. The number of allylic oxidation sites excluding steroid dienone is 2. The van der Waals surface area contributed by atoms with Crippen LogP contribution >= 0.6 is 0 Å². The molecule has 84 valence electrons. The fraction of sp³-hybridized carbons (Fsp3) is 0.200. The topological polar surface area (TPSA) is 27.7 Å². The molecule has 0 spiro atoms. The van der Waals surface area contributed by atoms with E-state index < -0.39 is 18.6 Å². The molecule has 3 nitrogen and oxygen atoms in total. The fourth-order valence-corrected chi connectivity index (χ4v) is 4.89. The van der Waals surface area contributed by atoms with E-state index in [-0.39, 0.29) is 0 Å². The first-order valence-corrected chi connectivity index (χ1v) is 8.20. The Hall–Kier alpha value is -1.05. The van der Waals surface area contributed by atoms with Gasteiger partial charge in [-0.2, -0.15) is 0 Å². The van der Waals surface area contributed by atoms with Crippen LogP contribution in [0, 0.1) is 0 Å². The van der Waals surface area contributed by atoms with Crippen LogP contribution in [0.5, 0.6) is 0 Å². The van der Waals surface area contributed by atoms with Gasteiger partial charge < -0.3 is 13.0 Å². The van der Waals surface area contributed by atoms with Gasteiger partial charge in [0, 0.05) is 12.1 Å². The maximum Gasteiger partial charge on any atom is 0.377 e. The van der Waals surface area contributed by atoms with Crippen molar-refractivity contribution >= 4 is 18.6 Å². The molecule has 0 radical (unpaired) electrons. The number of rotatable bonds is 10. The van der Waals surface area contributed by atoms with Crippen molar-refractivity contribution in [1.29, 1.82) is 0 Å². The maximum absolute atomic E-state index is 5.76. The van der Waals surface area contributed by atoms with Crippen molar-refractivity contribution in [2.75, 3.05) is 0 Å². The third-order valence-electron chi connectivity index (χ3n) is 1.52. The number of hydrogen-bond acceptors (Lipinski definition) is 3. The minimum atomic E-state index is -1.75. The SMILES string of the molecule is C=CC[SiH](OC=C)O[SiH](CC=C)OC=C. The molecule has 15 heavy (non-hydrogen) atoms. The summed E-state index contributed by atoms with van der Waals surface area (Å²) in [4.78, 5) is 0. The van der Waals surface area contributed by atoms with Crippen LogP contribution in [0.3, 0.4) is 0 Å². The largest absolute Gasteiger partial charge is 0.529 e. The molecule has 0 amide bonds. The van der Waals surface area contributed by atoms with Gasteiger partial charge in [-0.05, 0) is 0 Å². The molecule has 0 rings (SSSR count). The molecule has 0 fully saturated rings. The summed E-state index contributed by atoms with van der Waals surface area (Å²) in [5.74, 6) is 0. The molecule has 0 aromatic rings. The lowest BCUT2D eigenvalue weighted by Crippen LogP contribution is -2.31. The van der Waals surface area contributed by atoms with Crippen molar-refractivity contribution < 1.29 is 13.0 Å². The van der Waals surface area contributed by atoms with Crippen LogP contribution in [-0.4, -0.2) is 18.6 Å².